The van der Waals surface area contributed by atoms with Gasteiger partial charge in [-0.1, -0.05) is 30.3 Å². The molecule has 0 atom stereocenters. The van der Waals surface area contributed by atoms with Crippen molar-refractivity contribution in [2.45, 2.75) is 27.4 Å². The van der Waals surface area contributed by atoms with E-state index in [2.05, 4.69) is 0 Å². The molecule has 0 N–H and O–H groups in total. The van der Waals surface area contributed by atoms with Crippen molar-refractivity contribution < 1.29 is 14.3 Å². The molecule has 116 valence electrons. The van der Waals surface area contributed by atoms with Crippen LogP contribution in [0.2, 0.25) is 0 Å². The van der Waals surface area contributed by atoms with Gasteiger partial charge in [0, 0.05) is 25.6 Å². The molecular formula is C18H21NO3. The molecule has 22 heavy (non-hydrogen) atoms. The van der Waals surface area contributed by atoms with Crippen molar-refractivity contribution in [3.05, 3.63) is 47.5 Å². The second-order valence-electron chi connectivity index (χ2n) is 5.08. The molecule has 2 rings (SSSR count). The predicted molar refractivity (Wildman–Crippen MR) is 86.7 cm³/mol. The SMILES string of the molecule is CCN(CC)C(=O)c1ccc(COC(C)=O)c2ccccc12. The lowest BCUT2D eigenvalue weighted by molar-refractivity contribution is -0.142. The molecule has 0 saturated carbocycles. The number of benzene rings is 2. The summed E-state index contributed by atoms with van der Waals surface area (Å²) in [5.74, 6) is -0.285. The lowest BCUT2D eigenvalue weighted by Gasteiger charge is -2.20. The second kappa shape index (κ2) is 7.07. The van der Waals surface area contributed by atoms with Crippen LogP contribution < -0.4 is 0 Å². The van der Waals surface area contributed by atoms with Gasteiger partial charge in [0.2, 0.25) is 0 Å². The maximum absolute atomic E-state index is 12.6. The Balaban J connectivity index is 2.48. The highest BCUT2D eigenvalue weighted by atomic mass is 16.5. The first-order valence-electron chi connectivity index (χ1n) is 7.51. The third kappa shape index (κ3) is 3.27. The highest BCUT2D eigenvalue weighted by Crippen LogP contribution is 2.24. The number of nitrogens with zero attached hydrogens (tertiary/aromatic N) is 1. The van der Waals surface area contributed by atoms with Crippen LogP contribution >= 0.6 is 0 Å². The van der Waals surface area contributed by atoms with Crippen LogP contribution in [0.15, 0.2) is 36.4 Å². The van der Waals surface area contributed by atoms with Gasteiger partial charge >= 0.3 is 5.97 Å². The Bertz CT molecular complexity index is 690. The normalized spacial score (nSPS) is 10.5. The molecule has 2 aromatic carbocycles. The summed E-state index contributed by atoms with van der Waals surface area (Å²) in [6, 6.07) is 11.4. The fraction of sp³-hybridized carbons (Fsp3) is 0.333. The quantitative estimate of drug-likeness (QED) is 0.795. The third-order valence-corrected chi connectivity index (χ3v) is 3.73. The zero-order chi connectivity index (χ0) is 16.1. The number of ether oxygens (including phenoxy) is 1. The van der Waals surface area contributed by atoms with Crippen LogP contribution in [0.5, 0.6) is 0 Å². The van der Waals surface area contributed by atoms with Crippen molar-refractivity contribution in [2.75, 3.05) is 13.1 Å². The smallest absolute Gasteiger partial charge is 0.302 e. The van der Waals surface area contributed by atoms with Gasteiger partial charge in [-0.2, -0.15) is 0 Å². The molecule has 0 aromatic heterocycles. The van der Waals surface area contributed by atoms with Gasteiger partial charge in [-0.3, -0.25) is 9.59 Å². The Labute approximate surface area is 130 Å². The van der Waals surface area contributed by atoms with Crippen LogP contribution in [0, 0.1) is 0 Å². The Hall–Kier alpha value is -2.36. The fourth-order valence-electron chi connectivity index (χ4n) is 2.53. The number of hydrogen-bond donors (Lipinski definition) is 0. The van der Waals surface area contributed by atoms with Crippen molar-refractivity contribution >= 4 is 22.6 Å². The largest absolute Gasteiger partial charge is 0.461 e. The first-order valence-corrected chi connectivity index (χ1v) is 7.51. The minimum Gasteiger partial charge on any atom is -0.461 e. The average Bonchev–Trinajstić information content (AvgIpc) is 2.53. The molecule has 0 heterocycles. The summed E-state index contributed by atoms with van der Waals surface area (Å²) in [7, 11) is 0. The summed E-state index contributed by atoms with van der Waals surface area (Å²) < 4.78 is 5.09. The fourth-order valence-corrected chi connectivity index (χ4v) is 2.53. The van der Waals surface area contributed by atoms with Crippen molar-refractivity contribution in [3.8, 4) is 0 Å². The van der Waals surface area contributed by atoms with E-state index in [1.165, 1.54) is 6.92 Å². The van der Waals surface area contributed by atoms with Crippen LogP contribution in [0.25, 0.3) is 10.8 Å². The highest BCUT2D eigenvalue weighted by molar-refractivity contribution is 6.07. The number of carbonyl (C=O) groups excluding carboxylic acids is 2. The number of esters is 1. The first kappa shape index (κ1) is 16.0. The third-order valence-electron chi connectivity index (χ3n) is 3.73. The minimum absolute atomic E-state index is 0.0280. The maximum Gasteiger partial charge on any atom is 0.302 e. The van der Waals surface area contributed by atoms with Crippen LogP contribution in [0.1, 0.15) is 36.7 Å². The number of rotatable bonds is 5. The van der Waals surface area contributed by atoms with E-state index in [0.29, 0.717) is 18.7 Å². The van der Waals surface area contributed by atoms with E-state index in [-0.39, 0.29) is 18.5 Å². The molecule has 1 amide bonds. The molecule has 0 aliphatic carbocycles. The lowest BCUT2D eigenvalue weighted by Crippen LogP contribution is -2.30. The maximum atomic E-state index is 12.6. The van der Waals surface area contributed by atoms with Gasteiger partial charge < -0.3 is 9.64 Å². The van der Waals surface area contributed by atoms with Crippen LogP contribution in [-0.2, 0) is 16.1 Å². The number of amides is 1. The van der Waals surface area contributed by atoms with Crippen LogP contribution in [0.3, 0.4) is 0 Å². The number of carbonyl (C=O) groups is 2. The van der Waals surface area contributed by atoms with Gasteiger partial charge in [0.25, 0.3) is 5.91 Å². The Morgan fingerprint density at radius 1 is 1.00 bits per heavy atom. The number of hydrogen-bond acceptors (Lipinski definition) is 3. The van der Waals surface area contributed by atoms with Gasteiger partial charge in [-0.25, -0.2) is 0 Å². The molecule has 4 heteroatoms. The Morgan fingerprint density at radius 3 is 2.23 bits per heavy atom. The molecular weight excluding hydrogens is 278 g/mol. The Kier molecular flexibility index (Phi) is 5.15. The van der Waals surface area contributed by atoms with Gasteiger partial charge in [0.05, 0.1) is 0 Å². The summed E-state index contributed by atoms with van der Waals surface area (Å²) in [6.07, 6.45) is 0. The molecule has 2 aromatic rings. The molecule has 0 aliphatic rings. The van der Waals surface area contributed by atoms with E-state index in [1.54, 1.807) is 4.90 Å². The van der Waals surface area contributed by atoms with Crippen molar-refractivity contribution in [3.63, 3.8) is 0 Å². The van der Waals surface area contributed by atoms with E-state index in [9.17, 15) is 9.59 Å². The van der Waals surface area contributed by atoms with E-state index in [4.69, 9.17) is 4.74 Å². The molecule has 0 spiro atoms. The van der Waals surface area contributed by atoms with Gasteiger partial charge in [-0.05, 0) is 36.2 Å². The second-order valence-corrected chi connectivity index (χ2v) is 5.08. The summed E-state index contributed by atoms with van der Waals surface area (Å²) in [5.41, 5.74) is 1.59. The van der Waals surface area contributed by atoms with Gasteiger partial charge in [-0.15, -0.1) is 0 Å². The van der Waals surface area contributed by atoms with E-state index in [1.807, 2.05) is 50.2 Å². The predicted octanol–water partition coefficient (Wildman–Crippen LogP) is 3.38. The molecule has 0 radical (unpaired) electrons. The average molecular weight is 299 g/mol. The minimum atomic E-state index is -0.313. The van der Waals surface area contributed by atoms with E-state index >= 15 is 0 Å². The first-order chi connectivity index (χ1) is 10.6. The zero-order valence-electron chi connectivity index (χ0n) is 13.3. The standard InChI is InChI=1S/C18H21NO3/c1-4-19(5-2)18(21)17-11-10-14(12-22-13(3)20)15-8-6-7-9-16(15)17/h6-11H,4-5,12H2,1-3H3. The lowest BCUT2D eigenvalue weighted by atomic mass is 9.99. The topological polar surface area (TPSA) is 46.6 Å². The molecule has 0 fully saturated rings. The monoisotopic (exact) mass is 299 g/mol. The summed E-state index contributed by atoms with van der Waals surface area (Å²) in [4.78, 5) is 25.5. The Morgan fingerprint density at radius 2 is 1.64 bits per heavy atom. The van der Waals surface area contributed by atoms with E-state index in [0.717, 1.165) is 16.3 Å². The van der Waals surface area contributed by atoms with Crippen molar-refractivity contribution in [2.24, 2.45) is 0 Å². The van der Waals surface area contributed by atoms with Gasteiger partial charge in [0.15, 0.2) is 0 Å². The van der Waals surface area contributed by atoms with Gasteiger partial charge in [0.1, 0.15) is 6.61 Å². The number of fused-ring (bicyclic) bond motifs is 1. The molecule has 0 aliphatic heterocycles. The van der Waals surface area contributed by atoms with Crippen molar-refractivity contribution in [1.29, 1.82) is 0 Å². The molecule has 0 unspecified atom stereocenters. The van der Waals surface area contributed by atoms with Crippen LogP contribution in [-0.4, -0.2) is 29.9 Å². The summed E-state index contributed by atoms with van der Waals surface area (Å²) in [6.45, 7) is 6.91. The highest BCUT2D eigenvalue weighted by Gasteiger charge is 2.16. The van der Waals surface area contributed by atoms with Crippen LogP contribution in [0.4, 0.5) is 0 Å². The van der Waals surface area contributed by atoms with E-state index < -0.39 is 0 Å². The molecule has 0 bridgehead atoms. The summed E-state index contributed by atoms with van der Waals surface area (Å²) >= 11 is 0. The zero-order valence-corrected chi connectivity index (χ0v) is 13.3. The molecule has 0 saturated heterocycles. The van der Waals surface area contributed by atoms with Crippen molar-refractivity contribution in [1.82, 2.24) is 4.90 Å². The summed E-state index contributed by atoms with van der Waals surface area (Å²) in [5, 5.41) is 1.84. The molecule has 4 nitrogen and oxygen atoms in total.